The lowest BCUT2D eigenvalue weighted by Crippen LogP contribution is -2.25. The molecule has 4 rings (SSSR count). The van der Waals surface area contributed by atoms with E-state index in [0.29, 0.717) is 16.5 Å². The van der Waals surface area contributed by atoms with Crippen LogP contribution in [0.2, 0.25) is 10.0 Å². The van der Waals surface area contributed by atoms with Gasteiger partial charge in [0.2, 0.25) is 0 Å². The summed E-state index contributed by atoms with van der Waals surface area (Å²) in [5.41, 5.74) is -0.426. The Balaban J connectivity index is 1.64. The number of rotatable bonds is 10. The van der Waals surface area contributed by atoms with Crippen molar-refractivity contribution in [3.05, 3.63) is 86.8 Å². The first-order chi connectivity index (χ1) is 18.9. The van der Waals surface area contributed by atoms with Crippen LogP contribution in [0, 0.1) is 11.1 Å². The standard InChI is InChI=1S/C26H20Cl2F5NO5S/c27-19-11-34(36)12-20(28)18(19)10-22(39-25(35)40-17-3-1-2-16(9-17)26(31,32)33)15-6-7-21(38-24(29)30)23(8-15)37-13-14-4-5-14/h1-3,6-9,11-12,14,22,24H,4-5,10,13H2/t22-/m0/s1. The number of nitrogens with zero attached hydrogens (tertiary/aromatic N) is 1. The van der Waals surface area contributed by atoms with Crippen molar-refractivity contribution in [2.45, 2.75) is 43.0 Å². The van der Waals surface area contributed by atoms with Gasteiger partial charge in [0.15, 0.2) is 23.9 Å². The first-order valence-corrected chi connectivity index (χ1v) is 13.3. The minimum Gasteiger partial charge on any atom is -0.619 e. The van der Waals surface area contributed by atoms with Crippen molar-refractivity contribution in [2.24, 2.45) is 5.92 Å². The van der Waals surface area contributed by atoms with Gasteiger partial charge in [-0.2, -0.15) is 26.7 Å². The van der Waals surface area contributed by atoms with Crippen LogP contribution in [-0.2, 0) is 17.3 Å². The Kier molecular flexibility index (Phi) is 9.52. The van der Waals surface area contributed by atoms with Gasteiger partial charge in [-0.25, -0.2) is 4.79 Å². The monoisotopic (exact) mass is 623 g/mol. The molecule has 0 bridgehead atoms. The number of alkyl halides is 5. The highest BCUT2D eigenvalue weighted by molar-refractivity contribution is 8.13. The van der Waals surface area contributed by atoms with E-state index < -0.39 is 29.8 Å². The largest absolute Gasteiger partial charge is 0.619 e. The predicted molar refractivity (Wildman–Crippen MR) is 137 cm³/mol. The SMILES string of the molecule is O=C(O[C@@H](Cc1c(Cl)c[n+]([O-])cc1Cl)c1ccc(OC(F)F)c(OCC2CC2)c1)Sc1cccc(C(F)(F)F)c1. The summed E-state index contributed by atoms with van der Waals surface area (Å²) in [4.78, 5) is 12.9. The second-order valence-electron chi connectivity index (χ2n) is 8.82. The normalized spacial score (nSPS) is 14.2. The number of hydrogen-bond donors (Lipinski definition) is 0. The maximum Gasteiger partial charge on any atom is 0.416 e. The molecule has 40 heavy (non-hydrogen) atoms. The number of benzene rings is 2. The molecule has 1 fully saturated rings. The Morgan fingerprint density at radius 2 is 1.77 bits per heavy atom. The number of carbonyl (C=O) groups is 1. The third-order valence-electron chi connectivity index (χ3n) is 5.78. The maximum atomic E-state index is 13.1. The lowest BCUT2D eigenvalue weighted by molar-refractivity contribution is -0.605. The van der Waals surface area contributed by atoms with E-state index >= 15 is 0 Å². The van der Waals surface area contributed by atoms with E-state index in [1.54, 1.807) is 0 Å². The zero-order valence-electron chi connectivity index (χ0n) is 20.3. The molecule has 1 aliphatic carbocycles. The van der Waals surface area contributed by atoms with Gasteiger partial charge in [-0.05, 0) is 66.4 Å². The van der Waals surface area contributed by atoms with Crippen molar-refractivity contribution < 1.29 is 45.7 Å². The third-order valence-corrected chi connectivity index (χ3v) is 7.18. The van der Waals surface area contributed by atoms with E-state index in [1.807, 2.05) is 0 Å². The van der Waals surface area contributed by atoms with Gasteiger partial charge in [0.25, 0.3) is 0 Å². The first kappa shape index (κ1) is 30.0. The maximum absolute atomic E-state index is 13.1. The molecule has 1 saturated carbocycles. The van der Waals surface area contributed by atoms with Gasteiger partial charge in [-0.15, -0.1) is 0 Å². The second kappa shape index (κ2) is 12.7. The molecule has 214 valence electrons. The molecule has 0 unspecified atom stereocenters. The first-order valence-electron chi connectivity index (χ1n) is 11.7. The molecule has 6 nitrogen and oxygen atoms in total. The third kappa shape index (κ3) is 8.28. The summed E-state index contributed by atoms with van der Waals surface area (Å²) in [6.45, 7) is -2.86. The number of hydrogen-bond acceptors (Lipinski definition) is 6. The number of pyridine rings is 1. The topological polar surface area (TPSA) is 71.7 Å². The number of carbonyl (C=O) groups excluding carboxylic acids is 1. The molecule has 2 aromatic carbocycles. The highest BCUT2D eigenvalue weighted by Crippen LogP contribution is 2.39. The van der Waals surface area contributed by atoms with Crippen molar-refractivity contribution in [3.8, 4) is 11.5 Å². The minimum atomic E-state index is -4.61. The highest BCUT2D eigenvalue weighted by atomic mass is 35.5. The molecule has 14 heteroatoms. The van der Waals surface area contributed by atoms with E-state index in [-0.39, 0.29) is 56.5 Å². The predicted octanol–water partition coefficient (Wildman–Crippen LogP) is 8.25. The van der Waals surface area contributed by atoms with Crippen molar-refractivity contribution >= 4 is 40.3 Å². The van der Waals surface area contributed by atoms with Gasteiger partial charge in [0.1, 0.15) is 16.1 Å². The van der Waals surface area contributed by atoms with E-state index in [0.717, 1.165) is 43.4 Å². The summed E-state index contributed by atoms with van der Waals surface area (Å²) >= 11 is 12.8. The lowest BCUT2D eigenvalue weighted by Gasteiger charge is -2.21. The molecule has 0 amide bonds. The minimum absolute atomic E-state index is 0.0149. The highest BCUT2D eigenvalue weighted by Gasteiger charge is 2.31. The Bertz CT molecular complexity index is 1350. The molecular weight excluding hydrogens is 604 g/mol. The van der Waals surface area contributed by atoms with Crippen LogP contribution in [0.15, 0.2) is 59.8 Å². The molecule has 1 aromatic heterocycles. The van der Waals surface area contributed by atoms with Crippen LogP contribution in [0.3, 0.4) is 0 Å². The summed E-state index contributed by atoms with van der Waals surface area (Å²) in [5.74, 6) is 0.0335. The lowest BCUT2D eigenvalue weighted by atomic mass is 10.0. The van der Waals surface area contributed by atoms with E-state index in [2.05, 4.69) is 4.74 Å². The smallest absolute Gasteiger partial charge is 0.416 e. The van der Waals surface area contributed by atoms with Crippen LogP contribution in [-0.4, -0.2) is 18.5 Å². The molecule has 1 aliphatic rings. The van der Waals surface area contributed by atoms with E-state index in [9.17, 15) is 32.0 Å². The summed E-state index contributed by atoms with van der Waals surface area (Å²) < 4.78 is 81.6. The van der Waals surface area contributed by atoms with Gasteiger partial charge < -0.3 is 19.4 Å². The van der Waals surface area contributed by atoms with Crippen molar-refractivity contribution in [1.29, 1.82) is 0 Å². The average Bonchev–Trinajstić information content (AvgIpc) is 3.69. The fraction of sp³-hybridized carbons (Fsp3) is 0.308. The van der Waals surface area contributed by atoms with Crippen molar-refractivity contribution in [3.63, 3.8) is 0 Å². The van der Waals surface area contributed by atoms with E-state index in [1.165, 1.54) is 24.3 Å². The van der Waals surface area contributed by atoms with Crippen molar-refractivity contribution in [2.75, 3.05) is 6.61 Å². The van der Waals surface area contributed by atoms with Gasteiger partial charge in [-0.3, -0.25) is 0 Å². The summed E-state index contributed by atoms with van der Waals surface area (Å²) in [6, 6.07) is 8.10. The second-order valence-corrected chi connectivity index (χ2v) is 10.6. The summed E-state index contributed by atoms with van der Waals surface area (Å²) in [7, 11) is 0. The molecule has 0 spiro atoms. The fourth-order valence-electron chi connectivity index (χ4n) is 3.63. The molecule has 0 saturated heterocycles. The molecule has 0 aliphatic heterocycles. The van der Waals surface area contributed by atoms with E-state index in [4.69, 9.17) is 32.7 Å². The van der Waals surface area contributed by atoms with Gasteiger partial charge in [0.05, 0.1) is 12.2 Å². The molecule has 3 aromatic rings. The van der Waals surface area contributed by atoms with Crippen LogP contribution in [0.5, 0.6) is 11.5 Å². The average molecular weight is 624 g/mol. The number of thioether (sulfide) groups is 1. The zero-order valence-corrected chi connectivity index (χ0v) is 22.6. The van der Waals surface area contributed by atoms with Crippen LogP contribution < -0.4 is 14.2 Å². The van der Waals surface area contributed by atoms with Crippen LogP contribution in [0.1, 0.15) is 35.6 Å². The molecule has 0 radical (unpaired) electrons. The Labute approximate surface area is 239 Å². The van der Waals surface area contributed by atoms with Gasteiger partial charge in [0, 0.05) is 16.9 Å². The zero-order chi connectivity index (χ0) is 29.0. The Morgan fingerprint density at radius 3 is 2.40 bits per heavy atom. The van der Waals surface area contributed by atoms with Gasteiger partial charge >= 0.3 is 18.1 Å². The number of ether oxygens (including phenoxy) is 3. The Morgan fingerprint density at radius 1 is 1.07 bits per heavy atom. The van der Waals surface area contributed by atoms with Gasteiger partial charge in [-0.1, -0.05) is 35.3 Å². The molecule has 0 N–H and O–H groups in total. The fourth-order valence-corrected chi connectivity index (χ4v) is 4.92. The van der Waals surface area contributed by atoms with Crippen LogP contribution in [0.4, 0.5) is 26.7 Å². The summed E-state index contributed by atoms with van der Waals surface area (Å²) in [5, 5.41) is 10.7. The number of halogens is 7. The number of aromatic nitrogens is 1. The quantitative estimate of drug-likeness (QED) is 0.0744. The van der Waals surface area contributed by atoms with Crippen LogP contribution in [0.25, 0.3) is 0 Å². The summed E-state index contributed by atoms with van der Waals surface area (Å²) in [6.07, 6.45) is -1.98. The molecule has 1 heterocycles. The molecule has 1 atom stereocenters. The van der Waals surface area contributed by atoms with Crippen LogP contribution >= 0.6 is 35.0 Å². The van der Waals surface area contributed by atoms with Crippen molar-refractivity contribution in [1.82, 2.24) is 0 Å². The Hall–Kier alpha value is -2.96. The molecular formula is C26H20Cl2F5NO5S.